The second kappa shape index (κ2) is 6.23. The van der Waals surface area contributed by atoms with Gasteiger partial charge < -0.3 is 15.8 Å². The van der Waals surface area contributed by atoms with Gasteiger partial charge in [0.1, 0.15) is 5.82 Å². The van der Waals surface area contributed by atoms with Crippen LogP contribution >= 0.6 is 0 Å². The van der Waals surface area contributed by atoms with Gasteiger partial charge in [-0.1, -0.05) is 18.5 Å². The van der Waals surface area contributed by atoms with Crippen LogP contribution in [0, 0.1) is 5.82 Å². The van der Waals surface area contributed by atoms with Gasteiger partial charge in [0.05, 0.1) is 0 Å². The molecule has 0 heterocycles. The predicted molar refractivity (Wildman–Crippen MR) is 71.7 cm³/mol. The summed E-state index contributed by atoms with van der Waals surface area (Å²) < 4.78 is 13.2. The molecule has 1 aromatic rings. The molecule has 100 valence electrons. The first-order valence-corrected chi connectivity index (χ1v) is 6.01. The third-order valence-corrected chi connectivity index (χ3v) is 3.09. The van der Waals surface area contributed by atoms with E-state index in [4.69, 9.17) is 10.9 Å². The van der Waals surface area contributed by atoms with E-state index in [1.165, 1.54) is 12.1 Å². The SMILES string of the molecule is CCCC(C)N(C)c1ccc(F)cc1C(N)=NO. The van der Waals surface area contributed by atoms with Crippen LogP contribution in [0.1, 0.15) is 32.3 Å². The third kappa shape index (κ3) is 3.12. The molecule has 5 heteroatoms. The van der Waals surface area contributed by atoms with E-state index in [9.17, 15) is 4.39 Å². The highest BCUT2D eigenvalue weighted by Gasteiger charge is 2.16. The Hall–Kier alpha value is -1.78. The van der Waals surface area contributed by atoms with Crippen molar-refractivity contribution in [3.8, 4) is 0 Å². The minimum Gasteiger partial charge on any atom is -0.409 e. The Balaban J connectivity index is 3.15. The molecular weight excluding hydrogens is 233 g/mol. The van der Waals surface area contributed by atoms with Gasteiger partial charge in [0.25, 0.3) is 0 Å². The fourth-order valence-electron chi connectivity index (χ4n) is 1.92. The summed E-state index contributed by atoms with van der Waals surface area (Å²) in [5, 5.41) is 11.7. The molecule has 0 saturated carbocycles. The van der Waals surface area contributed by atoms with E-state index in [0.29, 0.717) is 11.6 Å². The number of benzene rings is 1. The summed E-state index contributed by atoms with van der Waals surface area (Å²) >= 11 is 0. The van der Waals surface area contributed by atoms with Crippen molar-refractivity contribution in [3.63, 3.8) is 0 Å². The van der Waals surface area contributed by atoms with Crippen LogP contribution in [-0.2, 0) is 0 Å². The number of anilines is 1. The third-order valence-electron chi connectivity index (χ3n) is 3.09. The van der Waals surface area contributed by atoms with Crippen molar-refractivity contribution in [1.29, 1.82) is 0 Å². The van der Waals surface area contributed by atoms with E-state index >= 15 is 0 Å². The molecule has 0 amide bonds. The molecule has 0 radical (unpaired) electrons. The lowest BCUT2D eigenvalue weighted by molar-refractivity contribution is 0.318. The molecule has 0 bridgehead atoms. The summed E-state index contributed by atoms with van der Waals surface area (Å²) in [6.45, 7) is 4.20. The van der Waals surface area contributed by atoms with Gasteiger partial charge in [-0.2, -0.15) is 0 Å². The number of amidine groups is 1. The van der Waals surface area contributed by atoms with Gasteiger partial charge in [-0.05, 0) is 31.5 Å². The monoisotopic (exact) mass is 253 g/mol. The molecule has 4 nitrogen and oxygen atoms in total. The Morgan fingerprint density at radius 3 is 2.78 bits per heavy atom. The van der Waals surface area contributed by atoms with Crippen molar-refractivity contribution in [1.82, 2.24) is 0 Å². The highest BCUT2D eigenvalue weighted by atomic mass is 19.1. The first-order chi connectivity index (χ1) is 8.51. The van der Waals surface area contributed by atoms with Gasteiger partial charge in [0.15, 0.2) is 5.84 Å². The molecular formula is C13H20FN3O. The lowest BCUT2D eigenvalue weighted by atomic mass is 10.1. The first kappa shape index (κ1) is 14.3. The van der Waals surface area contributed by atoms with Gasteiger partial charge in [-0.3, -0.25) is 0 Å². The molecule has 0 aliphatic heterocycles. The largest absolute Gasteiger partial charge is 0.409 e. The molecule has 0 fully saturated rings. The molecule has 1 atom stereocenters. The van der Waals surface area contributed by atoms with Crippen molar-refractivity contribution in [2.45, 2.75) is 32.7 Å². The average molecular weight is 253 g/mol. The van der Waals surface area contributed by atoms with Gasteiger partial charge in [0, 0.05) is 24.3 Å². The van der Waals surface area contributed by atoms with Crippen LogP contribution in [-0.4, -0.2) is 24.1 Å². The molecule has 1 unspecified atom stereocenters. The van der Waals surface area contributed by atoms with Gasteiger partial charge in [-0.15, -0.1) is 0 Å². The highest BCUT2D eigenvalue weighted by molar-refractivity contribution is 6.02. The normalized spacial score (nSPS) is 13.4. The summed E-state index contributed by atoms with van der Waals surface area (Å²) in [5.41, 5.74) is 6.75. The fraction of sp³-hybridized carbons (Fsp3) is 0.462. The van der Waals surface area contributed by atoms with E-state index in [1.807, 2.05) is 11.9 Å². The second-order valence-electron chi connectivity index (χ2n) is 4.40. The number of oxime groups is 1. The molecule has 1 aromatic carbocycles. The Labute approximate surface area is 107 Å². The van der Waals surface area contributed by atoms with E-state index in [2.05, 4.69) is 19.0 Å². The minimum atomic E-state index is -0.406. The number of halogens is 1. The van der Waals surface area contributed by atoms with Crippen LogP contribution in [0.15, 0.2) is 23.4 Å². The molecule has 18 heavy (non-hydrogen) atoms. The average Bonchev–Trinajstić information content (AvgIpc) is 2.37. The first-order valence-electron chi connectivity index (χ1n) is 6.01. The second-order valence-corrected chi connectivity index (χ2v) is 4.40. The van der Waals surface area contributed by atoms with Gasteiger partial charge >= 0.3 is 0 Å². The molecule has 0 spiro atoms. The van der Waals surface area contributed by atoms with Crippen molar-refractivity contribution < 1.29 is 9.60 Å². The number of hydrogen-bond acceptors (Lipinski definition) is 3. The van der Waals surface area contributed by atoms with Crippen molar-refractivity contribution in [3.05, 3.63) is 29.6 Å². The fourth-order valence-corrected chi connectivity index (χ4v) is 1.92. The maximum absolute atomic E-state index is 13.2. The van der Waals surface area contributed by atoms with Crippen LogP contribution < -0.4 is 10.6 Å². The molecule has 3 N–H and O–H groups in total. The highest BCUT2D eigenvalue weighted by Crippen LogP contribution is 2.23. The van der Waals surface area contributed by atoms with E-state index < -0.39 is 5.82 Å². The van der Waals surface area contributed by atoms with E-state index in [-0.39, 0.29) is 5.84 Å². The van der Waals surface area contributed by atoms with E-state index in [1.54, 1.807) is 6.07 Å². The summed E-state index contributed by atoms with van der Waals surface area (Å²) in [6.07, 6.45) is 2.08. The number of hydrogen-bond donors (Lipinski definition) is 2. The summed E-state index contributed by atoms with van der Waals surface area (Å²) in [6, 6.07) is 4.60. The zero-order valence-corrected chi connectivity index (χ0v) is 11.0. The lowest BCUT2D eigenvalue weighted by Gasteiger charge is -2.28. The molecule has 0 aromatic heterocycles. The zero-order valence-electron chi connectivity index (χ0n) is 11.0. The van der Waals surface area contributed by atoms with Gasteiger partial charge in [-0.25, -0.2) is 4.39 Å². The summed E-state index contributed by atoms with van der Waals surface area (Å²) in [4.78, 5) is 2.01. The Kier molecular flexibility index (Phi) is 4.95. The maximum atomic E-state index is 13.2. The van der Waals surface area contributed by atoms with Crippen LogP contribution in [0.4, 0.5) is 10.1 Å². The summed E-state index contributed by atoms with van der Waals surface area (Å²) in [5.74, 6) is -0.489. The van der Waals surface area contributed by atoms with Crippen LogP contribution in [0.3, 0.4) is 0 Å². The number of nitrogens with zero attached hydrogens (tertiary/aromatic N) is 2. The van der Waals surface area contributed by atoms with Gasteiger partial charge in [0.2, 0.25) is 0 Å². The zero-order chi connectivity index (χ0) is 13.7. The Morgan fingerprint density at radius 1 is 1.56 bits per heavy atom. The minimum absolute atomic E-state index is 0.0833. The standard InChI is InChI=1S/C13H20FN3O/c1-4-5-9(2)17(3)12-7-6-10(14)8-11(12)13(15)16-18/h6-9,18H,4-5H2,1-3H3,(H2,15,16). The van der Waals surface area contributed by atoms with Crippen LogP contribution in [0.5, 0.6) is 0 Å². The van der Waals surface area contributed by atoms with Crippen molar-refractivity contribution in [2.75, 3.05) is 11.9 Å². The molecule has 0 aliphatic rings. The Bertz CT molecular complexity index is 434. The Morgan fingerprint density at radius 2 is 2.22 bits per heavy atom. The molecule has 0 saturated heterocycles. The van der Waals surface area contributed by atoms with Crippen molar-refractivity contribution >= 4 is 11.5 Å². The number of nitrogens with two attached hydrogens (primary N) is 1. The quantitative estimate of drug-likeness (QED) is 0.367. The smallest absolute Gasteiger partial charge is 0.172 e. The summed E-state index contributed by atoms with van der Waals surface area (Å²) in [7, 11) is 1.92. The lowest BCUT2D eigenvalue weighted by Crippen LogP contribution is -2.31. The predicted octanol–water partition coefficient (Wildman–Crippen LogP) is 2.54. The van der Waals surface area contributed by atoms with Crippen LogP contribution in [0.2, 0.25) is 0 Å². The molecule has 1 rings (SSSR count). The van der Waals surface area contributed by atoms with Crippen LogP contribution in [0.25, 0.3) is 0 Å². The number of rotatable bonds is 5. The maximum Gasteiger partial charge on any atom is 0.172 e. The van der Waals surface area contributed by atoms with Crippen molar-refractivity contribution in [2.24, 2.45) is 10.9 Å². The van der Waals surface area contributed by atoms with E-state index in [0.717, 1.165) is 18.5 Å². The topological polar surface area (TPSA) is 61.8 Å². The molecule has 0 aliphatic carbocycles.